The zero-order valence-corrected chi connectivity index (χ0v) is 15.2. The average molecular weight is 415 g/mol. The second kappa shape index (κ2) is 6.69. The summed E-state index contributed by atoms with van der Waals surface area (Å²) in [7, 11) is 0. The van der Waals surface area contributed by atoms with Crippen LogP contribution in [0.2, 0.25) is 0 Å². The van der Waals surface area contributed by atoms with E-state index in [9.17, 15) is 18.0 Å². The number of halogens is 3. The molecule has 1 amide bonds. The second-order valence-electron chi connectivity index (χ2n) is 5.70. The van der Waals surface area contributed by atoms with Crippen molar-refractivity contribution in [1.82, 2.24) is 19.9 Å². The third-order valence-corrected chi connectivity index (χ3v) is 5.77. The van der Waals surface area contributed by atoms with E-state index >= 15 is 0 Å². The number of fused-ring (bicyclic) bond motifs is 1. The van der Waals surface area contributed by atoms with Gasteiger partial charge in [0.25, 0.3) is 5.91 Å². The fourth-order valence-electron chi connectivity index (χ4n) is 2.57. The summed E-state index contributed by atoms with van der Waals surface area (Å²) in [5, 5.41) is 1.42. The molecule has 12 heteroatoms. The van der Waals surface area contributed by atoms with Gasteiger partial charge < -0.3 is 15.4 Å². The first-order valence-corrected chi connectivity index (χ1v) is 9.50. The Morgan fingerprint density at radius 3 is 2.63 bits per heavy atom. The molecule has 142 valence electrons. The van der Waals surface area contributed by atoms with Gasteiger partial charge in [0.2, 0.25) is 0 Å². The van der Waals surface area contributed by atoms with E-state index in [-0.39, 0.29) is 22.6 Å². The van der Waals surface area contributed by atoms with Crippen molar-refractivity contribution < 1.29 is 22.7 Å². The molecule has 1 saturated heterocycles. The predicted molar refractivity (Wildman–Crippen MR) is 94.7 cm³/mol. The highest BCUT2D eigenvalue weighted by Gasteiger charge is 2.34. The van der Waals surface area contributed by atoms with Crippen LogP contribution in [0, 0.1) is 0 Å². The number of hydrogen-bond acceptors (Lipinski definition) is 8. The maximum Gasteiger partial charge on any atom is 0.434 e. The topological polar surface area (TPSA) is 94.2 Å². The molecule has 0 unspecified atom stereocenters. The van der Waals surface area contributed by atoms with Gasteiger partial charge in [0.05, 0.1) is 23.5 Å². The van der Waals surface area contributed by atoms with Crippen molar-refractivity contribution in [2.75, 3.05) is 32.0 Å². The minimum absolute atomic E-state index is 0.00715. The van der Waals surface area contributed by atoms with Gasteiger partial charge in [-0.25, -0.2) is 15.0 Å². The van der Waals surface area contributed by atoms with E-state index in [4.69, 9.17) is 10.5 Å². The van der Waals surface area contributed by atoms with Crippen LogP contribution in [0.4, 0.5) is 19.0 Å². The van der Waals surface area contributed by atoms with Crippen LogP contribution in [0.25, 0.3) is 21.0 Å². The summed E-state index contributed by atoms with van der Waals surface area (Å²) in [5.74, 6) is -0.0559. The molecule has 0 saturated carbocycles. The maximum absolute atomic E-state index is 12.7. The molecule has 0 atom stereocenters. The zero-order chi connectivity index (χ0) is 19.2. The Labute approximate surface area is 158 Å². The van der Waals surface area contributed by atoms with Crippen LogP contribution < -0.4 is 5.73 Å². The Hall–Kier alpha value is -2.31. The minimum Gasteiger partial charge on any atom is -0.383 e. The van der Waals surface area contributed by atoms with Crippen molar-refractivity contribution in [3.63, 3.8) is 0 Å². The van der Waals surface area contributed by atoms with E-state index in [1.54, 1.807) is 11.0 Å². The number of nitrogens with two attached hydrogens (primary N) is 1. The lowest BCUT2D eigenvalue weighted by Crippen LogP contribution is -2.40. The molecule has 1 aliphatic rings. The van der Waals surface area contributed by atoms with Crippen LogP contribution in [-0.4, -0.2) is 52.1 Å². The molecule has 0 aromatic carbocycles. The van der Waals surface area contributed by atoms with E-state index in [0.29, 0.717) is 41.4 Å². The molecule has 1 fully saturated rings. The average Bonchev–Trinajstić information content (AvgIpc) is 3.29. The summed E-state index contributed by atoms with van der Waals surface area (Å²) in [6.45, 7) is 1.96. The first-order valence-electron chi connectivity index (χ1n) is 7.80. The third-order valence-electron chi connectivity index (χ3n) is 3.92. The van der Waals surface area contributed by atoms with Gasteiger partial charge in [0.1, 0.15) is 10.6 Å². The molecular weight excluding hydrogens is 403 g/mol. The Balaban J connectivity index is 1.69. The maximum atomic E-state index is 12.7. The molecule has 0 radical (unpaired) electrons. The van der Waals surface area contributed by atoms with Gasteiger partial charge in [-0.2, -0.15) is 13.2 Å². The van der Waals surface area contributed by atoms with Gasteiger partial charge in [0.15, 0.2) is 16.5 Å². The van der Waals surface area contributed by atoms with Crippen molar-refractivity contribution in [3.8, 4) is 10.8 Å². The smallest absolute Gasteiger partial charge is 0.383 e. The van der Waals surface area contributed by atoms with Gasteiger partial charge in [-0.3, -0.25) is 4.79 Å². The lowest BCUT2D eigenvalue weighted by Gasteiger charge is -2.26. The van der Waals surface area contributed by atoms with E-state index in [1.807, 2.05) is 0 Å². The molecule has 3 aromatic heterocycles. The molecule has 2 N–H and O–H groups in total. The fourth-order valence-corrected chi connectivity index (χ4v) is 4.34. The SMILES string of the molecule is Nc1nc(-c2nc(C(F)(F)F)cs2)nc2sc(C(=O)N3CCOCC3)cc12. The highest BCUT2D eigenvalue weighted by Crippen LogP contribution is 2.35. The van der Waals surface area contributed by atoms with Crippen LogP contribution in [0.3, 0.4) is 0 Å². The summed E-state index contributed by atoms with van der Waals surface area (Å²) in [6, 6.07) is 1.61. The first kappa shape index (κ1) is 18.1. The minimum atomic E-state index is -4.54. The number of rotatable bonds is 2. The number of carbonyl (C=O) groups is 1. The standard InChI is InChI=1S/C15H12F3N5O2S2/c16-15(17,18)9-6-26-13(20-9)11-21-10(19)7-5-8(27-12(7)22-11)14(24)23-1-3-25-4-2-23/h5-6H,1-4H2,(H2,19,21,22). The Morgan fingerprint density at radius 1 is 1.22 bits per heavy atom. The predicted octanol–water partition coefficient (Wildman–Crippen LogP) is 2.89. The molecule has 1 aliphatic heterocycles. The van der Waals surface area contributed by atoms with Crippen molar-refractivity contribution >= 4 is 44.6 Å². The van der Waals surface area contributed by atoms with Crippen molar-refractivity contribution in [2.24, 2.45) is 0 Å². The summed E-state index contributed by atoms with van der Waals surface area (Å²) in [4.78, 5) is 27.0. The summed E-state index contributed by atoms with van der Waals surface area (Å²) >= 11 is 1.91. The van der Waals surface area contributed by atoms with Crippen LogP contribution in [0.15, 0.2) is 11.4 Å². The molecule has 27 heavy (non-hydrogen) atoms. The van der Waals surface area contributed by atoms with Gasteiger partial charge in [-0.05, 0) is 6.07 Å². The van der Waals surface area contributed by atoms with E-state index < -0.39 is 11.9 Å². The first-order chi connectivity index (χ1) is 12.8. The number of hydrogen-bond donors (Lipinski definition) is 1. The Kier molecular flexibility index (Phi) is 4.48. The molecule has 4 heterocycles. The molecule has 0 bridgehead atoms. The van der Waals surface area contributed by atoms with Crippen LogP contribution in [0.5, 0.6) is 0 Å². The normalized spacial score (nSPS) is 15.4. The molecule has 4 rings (SSSR count). The highest BCUT2D eigenvalue weighted by atomic mass is 32.1. The van der Waals surface area contributed by atoms with E-state index in [2.05, 4.69) is 15.0 Å². The second-order valence-corrected chi connectivity index (χ2v) is 7.59. The highest BCUT2D eigenvalue weighted by molar-refractivity contribution is 7.20. The van der Waals surface area contributed by atoms with Crippen molar-refractivity contribution in [3.05, 3.63) is 22.0 Å². The van der Waals surface area contributed by atoms with Gasteiger partial charge >= 0.3 is 6.18 Å². The quantitative estimate of drug-likeness (QED) is 0.692. The van der Waals surface area contributed by atoms with Crippen LogP contribution in [-0.2, 0) is 10.9 Å². The Bertz CT molecular complexity index is 1010. The summed E-state index contributed by atoms with van der Waals surface area (Å²) in [5.41, 5.74) is 4.94. The number of thiophene rings is 1. The Morgan fingerprint density at radius 2 is 1.96 bits per heavy atom. The number of nitrogens with zero attached hydrogens (tertiary/aromatic N) is 4. The largest absolute Gasteiger partial charge is 0.434 e. The molecule has 0 spiro atoms. The summed E-state index contributed by atoms with van der Waals surface area (Å²) < 4.78 is 43.5. The molecule has 7 nitrogen and oxygen atoms in total. The monoisotopic (exact) mass is 415 g/mol. The van der Waals surface area contributed by atoms with Gasteiger partial charge in [-0.15, -0.1) is 22.7 Å². The molecule has 0 aliphatic carbocycles. The molecular formula is C15H12F3N5O2S2. The number of aromatic nitrogens is 3. The lowest BCUT2D eigenvalue weighted by molar-refractivity contribution is -0.140. The molecule has 3 aromatic rings. The fraction of sp³-hybridized carbons (Fsp3) is 0.333. The number of anilines is 1. The van der Waals surface area contributed by atoms with Crippen LogP contribution >= 0.6 is 22.7 Å². The summed E-state index contributed by atoms with van der Waals surface area (Å²) in [6.07, 6.45) is -4.54. The zero-order valence-electron chi connectivity index (χ0n) is 13.6. The van der Waals surface area contributed by atoms with E-state index in [0.717, 1.165) is 28.1 Å². The number of alkyl halides is 3. The number of amides is 1. The van der Waals surface area contributed by atoms with Crippen molar-refractivity contribution in [2.45, 2.75) is 6.18 Å². The number of morpholine rings is 1. The lowest BCUT2D eigenvalue weighted by atomic mass is 10.3. The number of nitrogen functional groups attached to an aromatic ring is 1. The van der Waals surface area contributed by atoms with Crippen LogP contribution in [0.1, 0.15) is 15.4 Å². The number of carbonyl (C=O) groups excluding carboxylic acids is 1. The van der Waals surface area contributed by atoms with E-state index in [1.165, 1.54) is 0 Å². The van der Waals surface area contributed by atoms with Crippen molar-refractivity contribution in [1.29, 1.82) is 0 Å². The number of thiazole rings is 1. The third kappa shape index (κ3) is 3.47. The number of ether oxygens (including phenoxy) is 1. The van der Waals surface area contributed by atoms with Gasteiger partial charge in [-0.1, -0.05) is 0 Å². The van der Waals surface area contributed by atoms with Gasteiger partial charge in [0, 0.05) is 18.5 Å².